The zero-order valence-corrected chi connectivity index (χ0v) is 13.5. The van der Waals surface area contributed by atoms with Gasteiger partial charge in [0.2, 0.25) is 0 Å². The van der Waals surface area contributed by atoms with Crippen molar-refractivity contribution in [1.29, 1.82) is 5.26 Å². The minimum absolute atomic E-state index is 0.257. The molecule has 0 amide bonds. The highest BCUT2D eigenvalue weighted by Gasteiger charge is 2.12. The smallest absolute Gasteiger partial charge is 0.190 e. The third-order valence-corrected chi connectivity index (χ3v) is 3.97. The molecule has 0 aliphatic rings. The molecular weight excluding hydrogens is 316 g/mol. The summed E-state index contributed by atoms with van der Waals surface area (Å²) < 4.78 is 7.75. The first-order valence-electron chi connectivity index (χ1n) is 7.71. The first-order chi connectivity index (χ1) is 12.3. The van der Waals surface area contributed by atoms with E-state index in [2.05, 4.69) is 20.5 Å². The van der Waals surface area contributed by atoms with Crippen molar-refractivity contribution in [3.05, 3.63) is 59.9 Å². The summed E-state index contributed by atoms with van der Waals surface area (Å²) in [6, 6.07) is 17.5. The number of H-pyrrole nitrogens is 1. The van der Waals surface area contributed by atoms with Crippen LogP contribution in [0.3, 0.4) is 0 Å². The maximum atomic E-state index is 9.08. The molecule has 0 saturated heterocycles. The molecule has 4 aromatic rings. The second kappa shape index (κ2) is 6.09. The van der Waals surface area contributed by atoms with Crippen LogP contribution in [0.2, 0.25) is 0 Å². The minimum Gasteiger partial charge on any atom is -0.487 e. The van der Waals surface area contributed by atoms with Gasteiger partial charge in [0.05, 0.1) is 5.52 Å². The highest BCUT2D eigenvalue weighted by molar-refractivity contribution is 5.81. The van der Waals surface area contributed by atoms with E-state index >= 15 is 0 Å². The number of hydrogen-bond donors (Lipinski definition) is 1. The molecular formula is C18H14N6O. The minimum atomic E-state index is 0.257. The molecule has 0 spiro atoms. The second-order valence-corrected chi connectivity index (χ2v) is 5.54. The molecule has 4 rings (SSSR count). The van der Waals surface area contributed by atoms with E-state index < -0.39 is 0 Å². The van der Waals surface area contributed by atoms with E-state index in [1.807, 2.05) is 66.3 Å². The number of aryl methyl sites for hydroxylation is 1. The lowest BCUT2D eigenvalue weighted by Gasteiger charge is -2.06. The Labute approximate surface area is 143 Å². The largest absolute Gasteiger partial charge is 0.487 e. The fraction of sp³-hybridized carbons (Fsp3) is 0.111. The zero-order chi connectivity index (χ0) is 17.2. The van der Waals surface area contributed by atoms with Gasteiger partial charge >= 0.3 is 0 Å². The van der Waals surface area contributed by atoms with Gasteiger partial charge in [-0.05, 0) is 18.2 Å². The number of hydrogen-bond acceptors (Lipinski definition) is 5. The maximum Gasteiger partial charge on any atom is 0.190 e. The molecule has 122 valence electrons. The van der Waals surface area contributed by atoms with Crippen LogP contribution in [0.4, 0.5) is 0 Å². The van der Waals surface area contributed by atoms with Gasteiger partial charge in [0.25, 0.3) is 0 Å². The van der Waals surface area contributed by atoms with Crippen molar-refractivity contribution >= 4 is 10.9 Å². The summed E-state index contributed by atoms with van der Waals surface area (Å²) in [5, 5.41) is 25.0. The van der Waals surface area contributed by atoms with Crippen molar-refractivity contribution in [3.63, 3.8) is 0 Å². The highest BCUT2D eigenvalue weighted by Crippen LogP contribution is 2.25. The normalized spacial score (nSPS) is 10.7. The van der Waals surface area contributed by atoms with Crippen molar-refractivity contribution in [2.45, 2.75) is 6.61 Å². The van der Waals surface area contributed by atoms with E-state index in [0.29, 0.717) is 18.1 Å². The Hall–Kier alpha value is -3.66. The quantitative estimate of drug-likeness (QED) is 0.621. The Bertz CT molecular complexity index is 1090. The van der Waals surface area contributed by atoms with Crippen LogP contribution in [0.5, 0.6) is 5.75 Å². The summed E-state index contributed by atoms with van der Waals surface area (Å²) in [4.78, 5) is 0. The van der Waals surface area contributed by atoms with Gasteiger partial charge in [0.15, 0.2) is 5.69 Å². The van der Waals surface area contributed by atoms with Crippen LogP contribution < -0.4 is 4.74 Å². The number of aromatic nitrogens is 5. The average Bonchev–Trinajstić information content (AvgIpc) is 3.25. The molecule has 2 aromatic heterocycles. The lowest BCUT2D eigenvalue weighted by Crippen LogP contribution is -1.98. The molecule has 0 unspecified atom stereocenters. The van der Waals surface area contributed by atoms with Gasteiger partial charge in [0, 0.05) is 18.0 Å². The molecule has 0 fully saturated rings. The van der Waals surface area contributed by atoms with Crippen LogP contribution in [0.15, 0.2) is 48.5 Å². The number of nitrogens with one attached hydrogen (secondary N) is 1. The number of fused-ring (bicyclic) bond motifs is 1. The molecule has 7 nitrogen and oxygen atoms in total. The summed E-state index contributed by atoms with van der Waals surface area (Å²) >= 11 is 0. The molecule has 2 heterocycles. The van der Waals surface area contributed by atoms with E-state index in [4.69, 9.17) is 10.00 Å². The molecule has 0 bridgehead atoms. The second-order valence-electron chi connectivity index (χ2n) is 5.54. The number of aromatic amines is 1. The number of para-hydroxylation sites is 1. The van der Waals surface area contributed by atoms with Gasteiger partial charge in [-0.3, -0.25) is 4.68 Å². The van der Waals surface area contributed by atoms with E-state index in [1.165, 1.54) is 0 Å². The summed E-state index contributed by atoms with van der Waals surface area (Å²) in [6.07, 6.45) is 0. The van der Waals surface area contributed by atoms with Crippen LogP contribution in [-0.4, -0.2) is 25.2 Å². The molecule has 2 aromatic carbocycles. The molecule has 1 N–H and O–H groups in total. The first-order valence-corrected chi connectivity index (χ1v) is 7.71. The molecule has 0 saturated carbocycles. The van der Waals surface area contributed by atoms with Crippen molar-refractivity contribution in [3.8, 4) is 23.1 Å². The average molecular weight is 330 g/mol. The Balaban J connectivity index is 1.59. The van der Waals surface area contributed by atoms with E-state index in [9.17, 15) is 0 Å². The summed E-state index contributed by atoms with van der Waals surface area (Å²) in [5.74, 6) is 0.680. The summed E-state index contributed by atoms with van der Waals surface area (Å²) in [6.45, 7) is 0.356. The van der Waals surface area contributed by atoms with E-state index in [0.717, 1.165) is 22.2 Å². The number of nitriles is 1. The monoisotopic (exact) mass is 330 g/mol. The fourth-order valence-electron chi connectivity index (χ4n) is 2.79. The number of benzene rings is 2. The lowest BCUT2D eigenvalue weighted by atomic mass is 10.1. The van der Waals surface area contributed by atoms with E-state index in [-0.39, 0.29) is 5.69 Å². The van der Waals surface area contributed by atoms with E-state index in [1.54, 1.807) is 0 Å². The standard InChI is InChI=1S/C18H14N6O/c1-24-17-8-3-2-7-14(17)16(22-24)11-25-13-6-4-5-12(9-13)18-15(10-19)20-23-21-18/h2-9H,11H2,1H3,(H,20,21,23). The lowest BCUT2D eigenvalue weighted by molar-refractivity contribution is 0.301. The van der Waals surface area contributed by atoms with Crippen molar-refractivity contribution in [2.75, 3.05) is 0 Å². The van der Waals surface area contributed by atoms with Crippen LogP contribution in [-0.2, 0) is 13.7 Å². The molecule has 0 aliphatic heterocycles. The Morgan fingerprint density at radius 3 is 2.92 bits per heavy atom. The number of rotatable bonds is 4. The molecule has 0 aliphatic carbocycles. The zero-order valence-electron chi connectivity index (χ0n) is 13.5. The molecule has 0 radical (unpaired) electrons. The van der Waals surface area contributed by atoms with Gasteiger partial charge in [-0.15, -0.1) is 5.10 Å². The predicted octanol–water partition coefficient (Wildman–Crippen LogP) is 2.81. The van der Waals surface area contributed by atoms with Crippen molar-refractivity contribution < 1.29 is 4.74 Å². The van der Waals surface area contributed by atoms with Crippen molar-refractivity contribution in [2.24, 2.45) is 7.05 Å². The Kier molecular flexibility index (Phi) is 3.63. The summed E-state index contributed by atoms with van der Waals surface area (Å²) in [7, 11) is 1.92. The molecule has 25 heavy (non-hydrogen) atoms. The third kappa shape index (κ3) is 2.70. The Morgan fingerprint density at radius 2 is 2.04 bits per heavy atom. The van der Waals surface area contributed by atoms with Crippen LogP contribution in [0, 0.1) is 11.3 Å². The molecule has 7 heteroatoms. The number of nitrogens with zero attached hydrogens (tertiary/aromatic N) is 5. The van der Waals surface area contributed by atoms with Gasteiger partial charge in [0.1, 0.15) is 29.8 Å². The van der Waals surface area contributed by atoms with Crippen LogP contribution in [0.25, 0.3) is 22.2 Å². The highest BCUT2D eigenvalue weighted by atomic mass is 16.5. The van der Waals surface area contributed by atoms with Crippen LogP contribution in [0.1, 0.15) is 11.4 Å². The Morgan fingerprint density at radius 1 is 1.16 bits per heavy atom. The topological polar surface area (TPSA) is 92.4 Å². The van der Waals surface area contributed by atoms with Gasteiger partial charge in [-0.2, -0.15) is 20.7 Å². The molecule has 0 atom stereocenters. The predicted molar refractivity (Wildman–Crippen MR) is 91.6 cm³/mol. The summed E-state index contributed by atoms with van der Waals surface area (Å²) in [5.41, 5.74) is 3.48. The number of ether oxygens (including phenoxy) is 1. The van der Waals surface area contributed by atoms with Crippen LogP contribution >= 0.6 is 0 Å². The fourth-order valence-corrected chi connectivity index (χ4v) is 2.79. The third-order valence-electron chi connectivity index (χ3n) is 3.97. The SMILES string of the molecule is Cn1nc(COc2cccc(-c3n[nH]nc3C#N)c2)c2ccccc21. The maximum absolute atomic E-state index is 9.08. The first kappa shape index (κ1) is 14.9. The van der Waals surface area contributed by atoms with Gasteiger partial charge < -0.3 is 4.74 Å². The van der Waals surface area contributed by atoms with Crippen molar-refractivity contribution in [1.82, 2.24) is 25.2 Å². The van der Waals surface area contributed by atoms with Gasteiger partial charge in [-0.1, -0.05) is 30.3 Å². The van der Waals surface area contributed by atoms with Gasteiger partial charge in [-0.25, -0.2) is 0 Å².